The molecule has 1 aromatic rings. The molecule has 1 heterocycles. The second kappa shape index (κ2) is 6.37. The number of halogens is 3. The van der Waals surface area contributed by atoms with Gasteiger partial charge in [-0.3, -0.25) is 4.79 Å². The number of anilines is 1. The summed E-state index contributed by atoms with van der Waals surface area (Å²) in [6.45, 7) is 0.421. The first-order chi connectivity index (χ1) is 8.87. The molecule has 0 atom stereocenters. The summed E-state index contributed by atoms with van der Waals surface area (Å²) in [6.07, 6.45) is -4.01. The first-order valence-electron chi connectivity index (χ1n) is 5.67. The number of pyridine rings is 1. The highest BCUT2D eigenvalue weighted by Gasteiger charge is 2.33. The number of carbonyl (C=O) groups is 1. The third kappa shape index (κ3) is 4.74. The van der Waals surface area contributed by atoms with Gasteiger partial charge in [-0.15, -0.1) is 0 Å². The third-order valence-corrected chi connectivity index (χ3v) is 2.27. The second-order valence-corrected chi connectivity index (χ2v) is 3.89. The zero-order chi connectivity index (χ0) is 14.5. The van der Waals surface area contributed by atoms with Crippen LogP contribution in [0.4, 0.5) is 19.0 Å². The first kappa shape index (κ1) is 15.2. The monoisotopic (exact) mass is 276 g/mol. The Bertz CT molecular complexity index is 436. The first-order valence-corrected chi connectivity index (χ1v) is 5.67. The van der Waals surface area contributed by atoms with E-state index in [-0.39, 0.29) is 18.1 Å². The lowest BCUT2D eigenvalue weighted by Crippen LogP contribution is -2.39. The van der Waals surface area contributed by atoms with Gasteiger partial charge in [0.25, 0.3) is 5.91 Å². The zero-order valence-corrected chi connectivity index (χ0v) is 10.4. The summed E-state index contributed by atoms with van der Waals surface area (Å²) in [7, 11) is 0. The summed E-state index contributed by atoms with van der Waals surface area (Å²) < 4.78 is 37.2. The molecule has 0 aliphatic heterocycles. The maximum atomic E-state index is 12.4. The van der Waals surface area contributed by atoms with Crippen molar-refractivity contribution in [3.05, 3.63) is 23.9 Å². The minimum atomic E-state index is -4.44. The average molecular weight is 276 g/mol. The molecule has 0 aromatic carbocycles. The molecular weight excluding hydrogens is 261 g/mol. The molecule has 0 unspecified atom stereocenters. The van der Waals surface area contributed by atoms with Gasteiger partial charge in [-0.2, -0.15) is 13.2 Å². The van der Waals surface area contributed by atoms with E-state index in [1.807, 2.05) is 0 Å². The van der Waals surface area contributed by atoms with E-state index in [0.29, 0.717) is 6.42 Å². The van der Waals surface area contributed by atoms with Crippen molar-refractivity contribution < 1.29 is 18.0 Å². The lowest BCUT2D eigenvalue weighted by atomic mass is 10.3. The minimum Gasteiger partial charge on any atom is -0.328 e. The molecule has 1 aromatic heterocycles. The van der Waals surface area contributed by atoms with Crippen LogP contribution in [0.15, 0.2) is 18.2 Å². The number of carbonyl (C=O) groups excluding carboxylic acids is 1. The number of nitrogen functional groups attached to an aromatic ring is 1. The van der Waals surface area contributed by atoms with Crippen LogP contribution in [0.3, 0.4) is 0 Å². The molecule has 106 valence electrons. The van der Waals surface area contributed by atoms with Crippen LogP contribution in [0.25, 0.3) is 0 Å². The van der Waals surface area contributed by atoms with E-state index in [2.05, 4.69) is 10.4 Å². The number of aromatic nitrogens is 1. The molecule has 3 N–H and O–H groups in total. The summed E-state index contributed by atoms with van der Waals surface area (Å²) in [4.78, 5) is 16.5. The molecule has 0 bridgehead atoms. The van der Waals surface area contributed by atoms with Crippen LogP contribution in [0.1, 0.15) is 23.8 Å². The number of amides is 1. The Labute approximate surface area is 108 Å². The predicted molar refractivity (Wildman–Crippen MR) is 64.3 cm³/mol. The van der Waals surface area contributed by atoms with Gasteiger partial charge in [0.15, 0.2) is 0 Å². The molecule has 0 spiro atoms. The lowest BCUT2D eigenvalue weighted by molar-refractivity contribution is -0.140. The van der Waals surface area contributed by atoms with Crippen LogP contribution in [-0.4, -0.2) is 35.1 Å². The normalized spacial score (nSPS) is 11.2. The van der Waals surface area contributed by atoms with E-state index in [9.17, 15) is 18.0 Å². The summed E-state index contributed by atoms with van der Waals surface area (Å²) in [5.74, 6) is 4.59. The highest BCUT2D eigenvalue weighted by Crippen LogP contribution is 2.18. The highest BCUT2D eigenvalue weighted by molar-refractivity contribution is 5.92. The molecule has 19 heavy (non-hydrogen) atoms. The van der Waals surface area contributed by atoms with E-state index in [0.717, 1.165) is 4.90 Å². The van der Waals surface area contributed by atoms with Gasteiger partial charge in [0.2, 0.25) is 0 Å². The number of rotatable bonds is 5. The maximum absolute atomic E-state index is 12.4. The van der Waals surface area contributed by atoms with Crippen molar-refractivity contribution in [3.8, 4) is 0 Å². The molecule has 0 saturated carbocycles. The second-order valence-electron chi connectivity index (χ2n) is 3.89. The van der Waals surface area contributed by atoms with Crippen LogP contribution in [0, 0.1) is 0 Å². The van der Waals surface area contributed by atoms with Crippen LogP contribution < -0.4 is 11.3 Å². The van der Waals surface area contributed by atoms with Crippen molar-refractivity contribution in [2.45, 2.75) is 19.5 Å². The van der Waals surface area contributed by atoms with Crippen LogP contribution >= 0.6 is 0 Å². The van der Waals surface area contributed by atoms with Crippen LogP contribution in [-0.2, 0) is 0 Å². The van der Waals surface area contributed by atoms with Gasteiger partial charge in [-0.25, -0.2) is 10.8 Å². The Balaban J connectivity index is 2.91. The number of hydrazine groups is 1. The molecule has 0 aliphatic rings. The van der Waals surface area contributed by atoms with Gasteiger partial charge in [-0.1, -0.05) is 13.0 Å². The van der Waals surface area contributed by atoms with Crippen molar-refractivity contribution >= 4 is 11.7 Å². The van der Waals surface area contributed by atoms with E-state index in [1.54, 1.807) is 6.92 Å². The summed E-state index contributed by atoms with van der Waals surface area (Å²) in [6, 6.07) is 4.35. The molecule has 0 saturated heterocycles. The molecular formula is C11H15F3N4O. The van der Waals surface area contributed by atoms with E-state index >= 15 is 0 Å². The van der Waals surface area contributed by atoms with Gasteiger partial charge >= 0.3 is 6.18 Å². The predicted octanol–water partition coefficient (Wildman–Crippen LogP) is 1.78. The average Bonchev–Trinajstić information content (AvgIpc) is 2.36. The van der Waals surface area contributed by atoms with Crippen molar-refractivity contribution in [2.24, 2.45) is 5.84 Å². The SMILES string of the molecule is CCCN(CC(F)(F)F)C(=O)c1cccc(NN)n1. The Morgan fingerprint density at radius 2 is 2.16 bits per heavy atom. The molecule has 8 heteroatoms. The number of nitrogens with zero attached hydrogens (tertiary/aromatic N) is 2. The molecule has 0 aliphatic carbocycles. The van der Waals surface area contributed by atoms with E-state index < -0.39 is 18.6 Å². The summed E-state index contributed by atoms with van der Waals surface area (Å²) in [5, 5.41) is 0. The van der Waals surface area contributed by atoms with E-state index in [1.165, 1.54) is 18.2 Å². The fourth-order valence-corrected chi connectivity index (χ4v) is 1.53. The zero-order valence-electron chi connectivity index (χ0n) is 10.4. The Morgan fingerprint density at radius 1 is 1.47 bits per heavy atom. The molecule has 0 fully saturated rings. The molecule has 1 rings (SSSR count). The van der Waals surface area contributed by atoms with Crippen LogP contribution in [0.2, 0.25) is 0 Å². The standard InChI is InChI=1S/C11H15F3N4O/c1-2-6-18(7-11(12,13)14)10(19)8-4-3-5-9(16-8)17-15/h3-5H,2,6-7,15H2,1H3,(H,16,17). The smallest absolute Gasteiger partial charge is 0.328 e. The van der Waals surface area contributed by atoms with Crippen LogP contribution in [0.5, 0.6) is 0 Å². The molecule has 0 radical (unpaired) electrons. The number of nitrogens with two attached hydrogens (primary N) is 1. The van der Waals surface area contributed by atoms with Gasteiger partial charge in [0, 0.05) is 6.54 Å². The Morgan fingerprint density at radius 3 is 2.68 bits per heavy atom. The largest absolute Gasteiger partial charge is 0.406 e. The molecule has 1 amide bonds. The fraction of sp³-hybridized carbons (Fsp3) is 0.455. The van der Waals surface area contributed by atoms with Crippen molar-refractivity contribution in [1.82, 2.24) is 9.88 Å². The summed E-state index contributed by atoms with van der Waals surface area (Å²) >= 11 is 0. The highest BCUT2D eigenvalue weighted by atomic mass is 19.4. The van der Waals surface area contributed by atoms with Crippen molar-refractivity contribution in [2.75, 3.05) is 18.5 Å². The Hall–Kier alpha value is -1.83. The minimum absolute atomic E-state index is 0.0142. The number of hydrogen-bond donors (Lipinski definition) is 2. The Kier molecular flexibility index (Phi) is 5.11. The fourth-order valence-electron chi connectivity index (χ4n) is 1.53. The van der Waals surface area contributed by atoms with Crippen molar-refractivity contribution in [3.63, 3.8) is 0 Å². The maximum Gasteiger partial charge on any atom is 0.406 e. The van der Waals surface area contributed by atoms with E-state index in [4.69, 9.17) is 5.84 Å². The topological polar surface area (TPSA) is 71.2 Å². The number of alkyl halides is 3. The van der Waals surface area contributed by atoms with Gasteiger partial charge < -0.3 is 10.3 Å². The lowest BCUT2D eigenvalue weighted by Gasteiger charge is -2.23. The van der Waals surface area contributed by atoms with Crippen molar-refractivity contribution in [1.29, 1.82) is 0 Å². The summed E-state index contributed by atoms with van der Waals surface area (Å²) in [5.41, 5.74) is 2.16. The number of hydrogen-bond acceptors (Lipinski definition) is 4. The van der Waals surface area contributed by atoms with Gasteiger partial charge in [0.1, 0.15) is 18.1 Å². The number of nitrogens with one attached hydrogen (secondary N) is 1. The van der Waals surface area contributed by atoms with Gasteiger partial charge in [0.05, 0.1) is 0 Å². The quantitative estimate of drug-likeness (QED) is 0.635. The third-order valence-electron chi connectivity index (χ3n) is 2.27. The molecule has 5 nitrogen and oxygen atoms in total. The van der Waals surface area contributed by atoms with Gasteiger partial charge in [-0.05, 0) is 18.6 Å².